The Morgan fingerprint density at radius 2 is 2.05 bits per heavy atom. The number of esters is 1. The van der Waals surface area contributed by atoms with Crippen LogP contribution in [0, 0.1) is 0 Å². The van der Waals surface area contributed by atoms with E-state index in [1.54, 1.807) is 29.9 Å². The third kappa shape index (κ3) is 3.54. The SMILES string of the molecule is CCOC(=O)CCn1cc(-c2ccc(C=O)cc2)cn1. The quantitative estimate of drug-likeness (QED) is 0.598. The minimum Gasteiger partial charge on any atom is -0.466 e. The highest BCUT2D eigenvalue weighted by Gasteiger charge is 2.05. The Kier molecular flexibility index (Phi) is 4.65. The van der Waals surface area contributed by atoms with E-state index < -0.39 is 0 Å². The Morgan fingerprint density at radius 1 is 1.30 bits per heavy atom. The van der Waals surface area contributed by atoms with Gasteiger partial charge in [0.2, 0.25) is 0 Å². The standard InChI is InChI=1S/C15H16N2O3/c1-2-20-15(19)7-8-17-10-14(9-16-17)13-5-3-12(11-18)4-6-13/h3-6,9-11H,2,7-8H2,1H3. The van der Waals surface area contributed by atoms with E-state index >= 15 is 0 Å². The zero-order valence-electron chi connectivity index (χ0n) is 11.3. The molecule has 5 nitrogen and oxygen atoms in total. The van der Waals surface area contributed by atoms with E-state index in [0.29, 0.717) is 25.1 Å². The van der Waals surface area contributed by atoms with Crippen molar-refractivity contribution in [2.24, 2.45) is 0 Å². The van der Waals surface area contributed by atoms with Crippen LogP contribution >= 0.6 is 0 Å². The number of rotatable bonds is 6. The van der Waals surface area contributed by atoms with Gasteiger partial charge in [-0.05, 0) is 12.5 Å². The van der Waals surface area contributed by atoms with Crippen molar-refractivity contribution in [2.45, 2.75) is 19.9 Å². The molecule has 0 spiro atoms. The first-order valence-corrected chi connectivity index (χ1v) is 6.46. The maximum atomic E-state index is 11.3. The van der Waals surface area contributed by atoms with Crippen molar-refractivity contribution in [1.29, 1.82) is 0 Å². The molecular formula is C15H16N2O3. The summed E-state index contributed by atoms with van der Waals surface area (Å²) in [6.07, 6.45) is 4.72. The fourth-order valence-electron chi connectivity index (χ4n) is 1.83. The molecule has 2 rings (SSSR count). The molecular weight excluding hydrogens is 256 g/mol. The van der Waals surface area contributed by atoms with E-state index in [9.17, 15) is 9.59 Å². The van der Waals surface area contributed by atoms with E-state index in [-0.39, 0.29) is 5.97 Å². The second-order valence-electron chi connectivity index (χ2n) is 4.29. The van der Waals surface area contributed by atoms with Gasteiger partial charge in [-0.3, -0.25) is 14.3 Å². The summed E-state index contributed by atoms with van der Waals surface area (Å²) in [5.41, 5.74) is 2.58. The van der Waals surface area contributed by atoms with Gasteiger partial charge in [0.1, 0.15) is 6.29 Å². The molecule has 0 aliphatic heterocycles. The summed E-state index contributed by atoms with van der Waals surface area (Å²) in [6, 6.07) is 7.27. The zero-order chi connectivity index (χ0) is 14.4. The van der Waals surface area contributed by atoms with Crippen molar-refractivity contribution in [3.63, 3.8) is 0 Å². The molecule has 0 fully saturated rings. The Balaban J connectivity index is 2.00. The second-order valence-corrected chi connectivity index (χ2v) is 4.29. The van der Waals surface area contributed by atoms with Gasteiger partial charge in [-0.2, -0.15) is 5.10 Å². The number of carbonyl (C=O) groups is 2. The molecule has 0 bridgehead atoms. The van der Waals surface area contributed by atoms with Crippen LogP contribution in [0.15, 0.2) is 36.7 Å². The lowest BCUT2D eigenvalue weighted by atomic mass is 10.1. The van der Waals surface area contributed by atoms with E-state index in [0.717, 1.165) is 17.4 Å². The van der Waals surface area contributed by atoms with Crippen LogP contribution in [0.25, 0.3) is 11.1 Å². The van der Waals surface area contributed by atoms with Gasteiger partial charge in [0.15, 0.2) is 0 Å². The van der Waals surface area contributed by atoms with Gasteiger partial charge in [0.05, 0.1) is 25.8 Å². The molecule has 0 unspecified atom stereocenters. The van der Waals surface area contributed by atoms with Gasteiger partial charge in [-0.25, -0.2) is 0 Å². The van der Waals surface area contributed by atoms with Gasteiger partial charge in [0.25, 0.3) is 0 Å². The Morgan fingerprint density at radius 3 is 2.70 bits per heavy atom. The monoisotopic (exact) mass is 272 g/mol. The number of aldehydes is 1. The number of nitrogens with zero attached hydrogens (tertiary/aromatic N) is 2. The van der Waals surface area contributed by atoms with Gasteiger partial charge in [-0.15, -0.1) is 0 Å². The average molecular weight is 272 g/mol. The first kappa shape index (κ1) is 14.0. The van der Waals surface area contributed by atoms with Crippen LogP contribution in [0.5, 0.6) is 0 Å². The molecule has 1 aromatic carbocycles. The fraction of sp³-hybridized carbons (Fsp3) is 0.267. The van der Waals surface area contributed by atoms with Gasteiger partial charge in [0, 0.05) is 17.3 Å². The van der Waals surface area contributed by atoms with Crippen LogP contribution < -0.4 is 0 Å². The van der Waals surface area contributed by atoms with Crippen molar-refractivity contribution in [1.82, 2.24) is 9.78 Å². The first-order valence-electron chi connectivity index (χ1n) is 6.46. The fourth-order valence-corrected chi connectivity index (χ4v) is 1.83. The minimum atomic E-state index is -0.222. The number of ether oxygens (including phenoxy) is 1. The molecule has 0 saturated carbocycles. The van der Waals surface area contributed by atoms with Crippen LogP contribution in [0.3, 0.4) is 0 Å². The Labute approximate surface area is 117 Å². The summed E-state index contributed by atoms with van der Waals surface area (Å²) in [5, 5.41) is 4.21. The number of aromatic nitrogens is 2. The van der Waals surface area contributed by atoms with Crippen molar-refractivity contribution < 1.29 is 14.3 Å². The van der Waals surface area contributed by atoms with Gasteiger partial charge >= 0.3 is 5.97 Å². The van der Waals surface area contributed by atoms with Crippen molar-refractivity contribution in [3.05, 3.63) is 42.2 Å². The Bertz CT molecular complexity index is 587. The summed E-state index contributed by atoms with van der Waals surface area (Å²) in [6.45, 7) is 2.67. The summed E-state index contributed by atoms with van der Waals surface area (Å²) in [7, 11) is 0. The van der Waals surface area contributed by atoms with Crippen LogP contribution in [-0.4, -0.2) is 28.6 Å². The molecule has 0 atom stereocenters. The van der Waals surface area contributed by atoms with Crippen LogP contribution in [0.1, 0.15) is 23.7 Å². The highest BCUT2D eigenvalue weighted by molar-refractivity contribution is 5.76. The molecule has 0 amide bonds. The normalized spacial score (nSPS) is 10.2. The highest BCUT2D eigenvalue weighted by atomic mass is 16.5. The molecule has 20 heavy (non-hydrogen) atoms. The molecule has 0 saturated heterocycles. The van der Waals surface area contributed by atoms with Gasteiger partial charge in [-0.1, -0.05) is 24.3 Å². The number of hydrogen-bond acceptors (Lipinski definition) is 4. The predicted octanol–water partition coefficient (Wildman–Crippen LogP) is 2.32. The molecule has 0 aliphatic carbocycles. The zero-order valence-corrected chi connectivity index (χ0v) is 11.3. The van der Waals surface area contributed by atoms with Gasteiger partial charge < -0.3 is 4.74 Å². The van der Waals surface area contributed by atoms with Crippen molar-refractivity contribution >= 4 is 12.3 Å². The number of aryl methyl sites for hydroxylation is 1. The summed E-state index contributed by atoms with van der Waals surface area (Å²) >= 11 is 0. The van der Waals surface area contributed by atoms with E-state index in [1.165, 1.54) is 0 Å². The largest absolute Gasteiger partial charge is 0.466 e. The molecule has 1 heterocycles. The second kappa shape index (κ2) is 6.65. The minimum absolute atomic E-state index is 0.222. The lowest BCUT2D eigenvalue weighted by Gasteiger charge is -2.01. The molecule has 5 heteroatoms. The van der Waals surface area contributed by atoms with E-state index in [2.05, 4.69) is 5.10 Å². The van der Waals surface area contributed by atoms with E-state index in [4.69, 9.17) is 4.74 Å². The maximum Gasteiger partial charge on any atom is 0.307 e. The molecule has 1 aromatic heterocycles. The summed E-state index contributed by atoms with van der Waals surface area (Å²) < 4.78 is 6.58. The topological polar surface area (TPSA) is 61.2 Å². The maximum absolute atomic E-state index is 11.3. The molecule has 2 aromatic rings. The van der Waals surface area contributed by atoms with Crippen molar-refractivity contribution in [2.75, 3.05) is 6.61 Å². The lowest BCUT2D eigenvalue weighted by molar-refractivity contribution is -0.143. The smallest absolute Gasteiger partial charge is 0.307 e. The van der Waals surface area contributed by atoms with Crippen LogP contribution in [-0.2, 0) is 16.1 Å². The van der Waals surface area contributed by atoms with E-state index in [1.807, 2.05) is 18.3 Å². The number of benzene rings is 1. The molecule has 0 aliphatic rings. The number of hydrogen-bond donors (Lipinski definition) is 0. The van der Waals surface area contributed by atoms with Crippen molar-refractivity contribution in [3.8, 4) is 11.1 Å². The third-order valence-electron chi connectivity index (χ3n) is 2.86. The van der Waals surface area contributed by atoms with Crippen LogP contribution in [0.4, 0.5) is 0 Å². The highest BCUT2D eigenvalue weighted by Crippen LogP contribution is 2.18. The first-order chi connectivity index (χ1) is 9.72. The number of carbonyl (C=O) groups excluding carboxylic acids is 2. The summed E-state index contributed by atoms with van der Waals surface area (Å²) in [4.78, 5) is 21.9. The Hall–Kier alpha value is -2.43. The van der Waals surface area contributed by atoms with Crippen LogP contribution in [0.2, 0.25) is 0 Å². The summed E-state index contributed by atoms with van der Waals surface area (Å²) in [5.74, 6) is -0.222. The third-order valence-corrected chi connectivity index (χ3v) is 2.86. The molecule has 0 radical (unpaired) electrons. The lowest BCUT2D eigenvalue weighted by Crippen LogP contribution is -2.09. The average Bonchev–Trinajstić information content (AvgIpc) is 2.94. The molecule has 104 valence electrons. The predicted molar refractivity (Wildman–Crippen MR) is 74.3 cm³/mol. The molecule has 0 N–H and O–H groups in total.